The Labute approximate surface area is 113 Å². The van der Waals surface area contributed by atoms with Gasteiger partial charge in [-0.05, 0) is 30.2 Å². The predicted octanol–water partition coefficient (Wildman–Crippen LogP) is 1.86. The fraction of sp³-hybridized carbons (Fsp3) is 0.308. The van der Waals surface area contributed by atoms with Crippen LogP contribution >= 0.6 is 0 Å². The zero-order valence-corrected chi connectivity index (χ0v) is 11.5. The molecule has 0 saturated carbocycles. The van der Waals surface area contributed by atoms with E-state index >= 15 is 0 Å². The summed E-state index contributed by atoms with van der Waals surface area (Å²) in [6.45, 7) is 2.40. The molecule has 0 radical (unpaired) electrons. The molecule has 0 spiro atoms. The fourth-order valence-electron chi connectivity index (χ4n) is 1.39. The molecule has 1 aromatic rings. The molecule has 2 N–H and O–H groups in total. The SMILES string of the molecule is CCCCNS(=O)(=O)c1ccc(/C=C/C(=O)O)cc1. The summed E-state index contributed by atoms with van der Waals surface area (Å²) in [5.41, 5.74) is 0.634. The molecule has 1 aromatic carbocycles. The zero-order chi connectivity index (χ0) is 14.3. The number of carboxylic acids is 1. The number of rotatable bonds is 7. The summed E-state index contributed by atoms with van der Waals surface area (Å²) < 4.78 is 26.2. The summed E-state index contributed by atoms with van der Waals surface area (Å²) in [6.07, 6.45) is 4.12. The summed E-state index contributed by atoms with van der Waals surface area (Å²) in [6, 6.07) is 6.03. The third-order valence-corrected chi connectivity index (χ3v) is 3.91. The van der Waals surface area contributed by atoms with Gasteiger partial charge in [-0.3, -0.25) is 0 Å². The van der Waals surface area contributed by atoms with Gasteiger partial charge < -0.3 is 5.11 Å². The number of nitrogens with one attached hydrogen (secondary N) is 1. The van der Waals surface area contributed by atoms with Crippen LogP contribution in [0, 0.1) is 0 Å². The molecular weight excluding hydrogens is 266 g/mol. The summed E-state index contributed by atoms with van der Waals surface area (Å²) in [5, 5.41) is 8.49. The smallest absolute Gasteiger partial charge is 0.328 e. The number of aliphatic carboxylic acids is 1. The highest BCUT2D eigenvalue weighted by Crippen LogP contribution is 2.11. The first-order valence-corrected chi connectivity index (χ1v) is 7.45. The van der Waals surface area contributed by atoms with Crippen LogP contribution in [-0.4, -0.2) is 26.0 Å². The Bertz CT molecular complexity index is 547. The van der Waals surface area contributed by atoms with Crippen molar-refractivity contribution in [3.05, 3.63) is 35.9 Å². The van der Waals surface area contributed by atoms with Crippen molar-refractivity contribution >= 4 is 22.1 Å². The van der Waals surface area contributed by atoms with Gasteiger partial charge in [0.25, 0.3) is 0 Å². The average molecular weight is 283 g/mol. The molecule has 0 saturated heterocycles. The van der Waals surface area contributed by atoms with Gasteiger partial charge >= 0.3 is 5.97 Å². The van der Waals surface area contributed by atoms with Gasteiger partial charge in [0.1, 0.15) is 0 Å². The molecule has 0 aliphatic carbocycles. The Morgan fingerprint density at radius 2 is 1.95 bits per heavy atom. The van der Waals surface area contributed by atoms with E-state index < -0.39 is 16.0 Å². The number of hydrogen-bond donors (Lipinski definition) is 2. The Morgan fingerprint density at radius 3 is 2.47 bits per heavy atom. The lowest BCUT2D eigenvalue weighted by atomic mass is 10.2. The number of benzene rings is 1. The van der Waals surface area contributed by atoms with Crippen LogP contribution < -0.4 is 4.72 Å². The highest BCUT2D eigenvalue weighted by Gasteiger charge is 2.12. The summed E-state index contributed by atoms with van der Waals surface area (Å²) >= 11 is 0. The lowest BCUT2D eigenvalue weighted by Crippen LogP contribution is -2.24. The highest BCUT2D eigenvalue weighted by molar-refractivity contribution is 7.89. The van der Waals surface area contributed by atoms with Crippen molar-refractivity contribution in [1.82, 2.24) is 4.72 Å². The van der Waals surface area contributed by atoms with E-state index in [1.807, 2.05) is 6.92 Å². The van der Waals surface area contributed by atoms with Gasteiger partial charge in [-0.2, -0.15) is 0 Å². The predicted molar refractivity (Wildman–Crippen MR) is 73.2 cm³/mol. The van der Waals surface area contributed by atoms with Crippen LogP contribution in [0.15, 0.2) is 35.2 Å². The van der Waals surface area contributed by atoms with Crippen LogP contribution in [-0.2, 0) is 14.8 Å². The molecule has 19 heavy (non-hydrogen) atoms. The molecule has 0 amide bonds. The normalized spacial score (nSPS) is 11.8. The minimum Gasteiger partial charge on any atom is -0.478 e. The maximum Gasteiger partial charge on any atom is 0.328 e. The second-order valence-corrected chi connectivity index (χ2v) is 5.76. The monoisotopic (exact) mass is 283 g/mol. The van der Waals surface area contributed by atoms with Crippen molar-refractivity contribution in [2.24, 2.45) is 0 Å². The van der Waals surface area contributed by atoms with E-state index in [1.54, 1.807) is 12.1 Å². The number of carbonyl (C=O) groups is 1. The first kappa shape index (κ1) is 15.4. The molecule has 0 aliphatic heterocycles. The molecule has 0 fully saturated rings. The van der Waals surface area contributed by atoms with E-state index in [-0.39, 0.29) is 4.90 Å². The van der Waals surface area contributed by atoms with Crippen LogP contribution in [0.5, 0.6) is 0 Å². The zero-order valence-electron chi connectivity index (χ0n) is 10.7. The lowest BCUT2D eigenvalue weighted by molar-refractivity contribution is -0.131. The van der Waals surface area contributed by atoms with E-state index in [4.69, 9.17) is 5.11 Å². The molecule has 0 atom stereocenters. The highest BCUT2D eigenvalue weighted by atomic mass is 32.2. The third kappa shape index (κ3) is 5.23. The summed E-state index contributed by atoms with van der Waals surface area (Å²) in [7, 11) is -3.47. The Balaban J connectivity index is 2.77. The van der Waals surface area contributed by atoms with Crippen molar-refractivity contribution in [3.63, 3.8) is 0 Å². The van der Waals surface area contributed by atoms with Crippen LogP contribution in [0.2, 0.25) is 0 Å². The largest absolute Gasteiger partial charge is 0.478 e. The summed E-state index contributed by atoms with van der Waals surface area (Å²) in [5.74, 6) is -1.04. The minimum atomic E-state index is -3.47. The van der Waals surface area contributed by atoms with Crippen LogP contribution in [0.3, 0.4) is 0 Å². The van der Waals surface area contributed by atoms with Gasteiger partial charge in [-0.25, -0.2) is 17.9 Å². The van der Waals surface area contributed by atoms with Crippen molar-refractivity contribution in [1.29, 1.82) is 0 Å². The van der Waals surface area contributed by atoms with Gasteiger partial charge in [0, 0.05) is 12.6 Å². The van der Waals surface area contributed by atoms with E-state index in [9.17, 15) is 13.2 Å². The van der Waals surface area contributed by atoms with Crippen molar-refractivity contribution in [2.75, 3.05) is 6.54 Å². The third-order valence-electron chi connectivity index (χ3n) is 2.43. The summed E-state index contributed by atoms with van der Waals surface area (Å²) in [4.78, 5) is 10.5. The second-order valence-electron chi connectivity index (χ2n) is 3.99. The van der Waals surface area contributed by atoms with Crippen LogP contribution in [0.25, 0.3) is 6.08 Å². The molecule has 0 aromatic heterocycles. The van der Waals surface area contributed by atoms with E-state index in [0.717, 1.165) is 18.9 Å². The Morgan fingerprint density at radius 1 is 1.32 bits per heavy atom. The first-order chi connectivity index (χ1) is 8.95. The lowest BCUT2D eigenvalue weighted by Gasteiger charge is -2.06. The standard InChI is InChI=1S/C13H17NO4S/c1-2-3-10-14-19(17,18)12-7-4-11(5-8-12)6-9-13(15)16/h4-9,14H,2-3,10H2,1H3,(H,15,16)/b9-6+. The van der Waals surface area contributed by atoms with Gasteiger partial charge in [0.05, 0.1) is 4.90 Å². The van der Waals surface area contributed by atoms with E-state index in [0.29, 0.717) is 12.1 Å². The van der Waals surface area contributed by atoms with Crippen LogP contribution in [0.1, 0.15) is 25.3 Å². The van der Waals surface area contributed by atoms with Crippen molar-refractivity contribution in [3.8, 4) is 0 Å². The topological polar surface area (TPSA) is 83.5 Å². The van der Waals surface area contributed by atoms with Crippen LogP contribution in [0.4, 0.5) is 0 Å². The quantitative estimate of drug-likeness (QED) is 0.591. The molecule has 5 nitrogen and oxygen atoms in total. The fourth-order valence-corrected chi connectivity index (χ4v) is 2.47. The number of hydrogen-bond acceptors (Lipinski definition) is 3. The first-order valence-electron chi connectivity index (χ1n) is 5.96. The molecule has 0 aliphatic rings. The number of carboxylic acid groups (broad SMARTS) is 1. The van der Waals surface area contributed by atoms with E-state index in [1.165, 1.54) is 18.2 Å². The molecule has 6 heteroatoms. The Hall–Kier alpha value is -1.66. The molecule has 0 bridgehead atoms. The maximum atomic E-state index is 11.9. The van der Waals surface area contributed by atoms with Crippen molar-refractivity contribution in [2.45, 2.75) is 24.7 Å². The van der Waals surface area contributed by atoms with Gasteiger partial charge in [0.2, 0.25) is 10.0 Å². The molecule has 104 valence electrons. The molecule has 1 rings (SSSR count). The molecule has 0 unspecified atom stereocenters. The number of sulfonamides is 1. The Kier molecular flexibility index (Phi) is 5.72. The van der Waals surface area contributed by atoms with Crippen molar-refractivity contribution < 1.29 is 18.3 Å². The molecular formula is C13H17NO4S. The van der Waals surface area contributed by atoms with Gasteiger partial charge in [0.15, 0.2) is 0 Å². The minimum absolute atomic E-state index is 0.177. The second kappa shape index (κ2) is 7.06. The number of unbranched alkanes of at least 4 members (excludes halogenated alkanes) is 1. The van der Waals surface area contributed by atoms with Gasteiger partial charge in [-0.15, -0.1) is 0 Å². The maximum absolute atomic E-state index is 11.9. The average Bonchev–Trinajstić information content (AvgIpc) is 2.37. The van der Waals surface area contributed by atoms with E-state index in [2.05, 4.69) is 4.72 Å². The molecule has 0 heterocycles. The van der Waals surface area contributed by atoms with Gasteiger partial charge in [-0.1, -0.05) is 25.5 Å².